The molecule has 0 saturated carbocycles. The lowest BCUT2D eigenvalue weighted by atomic mass is 10.0. The molecule has 2 atom stereocenters. The molecule has 6 nitrogen and oxygen atoms in total. The number of aliphatic hydroxyl groups excluding tert-OH is 1. The zero-order valence-electron chi connectivity index (χ0n) is 18.8. The molecule has 3 aromatic rings. The molecule has 0 fully saturated rings. The molecule has 34 heavy (non-hydrogen) atoms. The van der Waals surface area contributed by atoms with Crippen LogP contribution in [-0.2, 0) is 24.2 Å². The largest absolute Gasteiger partial charge is 0.508 e. The summed E-state index contributed by atoms with van der Waals surface area (Å²) in [7, 11) is 0. The first kappa shape index (κ1) is 25.1. The Kier molecular flexibility index (Phi) is 8.56. The van der Waals surface area contributed by atoms with E-state index < -0.39 is 17.7 Å². The lowest BCUT2D eigenvalue weighted by Gasteiger charge is -2.18. The fourth-order valence-corrected chi connectivity index (χ4v) is 3.63. The van der Waals surface area contributed by atoms with Gasteiger partial charge in [0.15, 0.2) is 11.6 Å². The first-order valence-electron chi connectivity index (χ1n) is 10.9. The Morgan fingerprint density at radius 3 is 2.32 bits per heavy atom. The van der Waals surface area contributed by atoms with Crippen molar-refractivity contribution in [3.05, 3.63) is 94.6 Å². The van der Waals surface area contributed by atoms with Crippen LogP contribution in [0, 0.1) is 11.6 Å². The summed E-state index contributed by atoms with van der Waals surface area (Å²) in [5.41, 5.74) is 2.72. The summed E-state index contributed by atoms with van der Waals surface area (Å²) < 4.78 is 26.3. The minimum Gasteiger partial charge on any atom is -0.508 e. The highest BCUT2D eigenvalue weighted by atomic mass is 19.2. The number of nitrogens with one attached hydrogen (secondary N) is 2. The maximum Gasteiger partial charge on any atom is 0.224 e. The number of amides is 1. The van der Waals surface area contributed by atoms with Crippen LogP contribution in [0.5, 0.6) is 11.5 Å². The number of benzene rings is 3. The molecule has 0 aliphatic rings. The summed E-state index contributed by atoms with van der Waals surface area (Å²) in [5, 5.41) is 35.4. The predicted molar refractivity (Wildman–Crippen MR) is 124 cm³/mol. The van der Waals surface area contributed by atoms with Crippen LogP contribution in [0.1, 0.15) is 35.3 Å². The molecule has 0 heterocycles. The lowest BCUT2D eigenvalue weighted by molar-refractivity contribution is -0.120. The molecule has 0 bridgehead atoms. The molecular formula is C26H28F2N2O4. The van der Waals surface area contributed by atoms with E-state index >= 15 is 0 Å². The second-order valence-corrected chi connectivity index (χ2v) is 8.33. The Labute approximate surface area is 196 Å². The zero-order valence-corrected chi connectivity index (χ0v) is 18.8. The van der Waals surface area contributed by atoms with Crippen LogP contribution in [0.3, 0.4) is 0 Å². The number of aromatic hydroxyl groups is 2. The summed E-state index contributed by atoms with van der Waals surface area (Å²) in [6.07, 6.45) is -0.0912. The Morgan fingerprint density at radius 1 is 0.912 bits per heavy atom. The van der Waals surface area contributed by atoms with Gasteiger partial charge in [-0.25, -0.2) is 8.78 Å². The van der Waals surface area contributed by atoms with Crippen LogP contribution in [0.4, 0.5) is 8.78 Å². The second kappa shape index (κ2) is 11.6. The Bertz CT molecular complexity index is 1120. The summed E-state index contributed by atoms with van der Waals surface area (Å²) in [5.74, 6) is -2.34. The van der Waals surface area contributed by atoms with E-state index in [1.165, 1.54) is 24.3 Å². The Hall–Kier alpha value is -3.49. The van der Waals surface area contributed by atoms with Crippen molar-refractivity contribution in [2.75, 3.05) is 6.54 Å². The van der Waals surface area contributed by atoms with Gasteiger partial charge < -0.3 is 26.0 Å². The van der Waals surface area contributed by atoms with E-state index in [0.29, 0.717) is 17.5 Å². The second-order valence-electron chi connectivity index (χ2n) is 8.33. The molecule has 8 heteroatoms. The fourth-order valence-electron chi connectivity index (χ4n) is 3.63. The van der Waals surface area contributed by atoms with Crippen molar-refractivity contribution in [1.29, 1.82) is 0 Å². The van der Waals surface area contributed by atoms with Gasteiger partial charge in [0.1, 0.15) is 11.5 Å². The zero-order chi connectivity index (χ0) is 24.7. The minimum absolute atomic E-state index is 0.0120. The smallest absolute Gasteiger partial charge is 0.224 e. The Morgan fingerprint density at radius 2 is 1.62 bits per heavy atom. The highest BCUT2D eigenvalue weighted by Crippen LogP contribution is 2.24. The van der Waals surface area contributed by atoms with Crippen molar-refractivity contribution >= 4 is 5.91 Å². The molecule has 0 aromatic heterocycles. The first-order chi connectivity index (χ1) is 16.2. The molecule has 180 valence electrons. The van der Waals surface area contributed by atoms with Crippen molar-refractivity contribution in [3.8, 4) is 11.5 Å². The third-order valence-corrected chi connectivity index (χ3v) is 5.34. The normalized spacial score (nSPS) is 12.8. The summed E-state index contributed by atoms with van der Waals surface area (Å²) in [6, 6.07) is 15.1. The third-order valence-electron chi connectivity index (χ3n) is 5.34. The summed E-state index contributed by atoms with van der Waals surface area (Å²) in [6.45, 7) is 2.31. The van der Waals surface area contributed by atoms with Crippen molar-refractivity contribution in [2.45, 2.75) is 38.5 Å². The van der Waals surface area contributed by atoms with Gasteiger partial charge in [0, 0.05) is 25.2 Å². The highest BCUT2D eigenvalue weighted by Gasteiger charge is 2.13. The predicted octanol–water partition coefficient (Wildman–Crippen LogP) is 3.49. The minimum atomic E-state index is -0.949. The molecular weight excluding hydrogens is 442 g/mol. The SMILES string of the molecule is C[C@H](Cc1cccc(CC(=O)NCc2ccc(F)c(F)c2)c1)NCC(O)c1cc(O)cc(O)c1. The van der Waals surface area contributed by atoms with E-state index in [1.54, 1.807) is 0 Å². The van der Waals surface area contributed by atoms with Crippen LogP contribution in [0.2, 0.25) is 0 Å². The van der Waals surface area contributed by atoms with Gasteiger partial charge >= 0.3 is 0 Å². The lowest BCUT2D eigenvalue weighted by Crippen LogP contribution is -2.32. The molecule has 0 aliphatic heterocycles. The molecule has 0 radical (unpaired) electrons. The number of halogens is 2. The van der Waals surface area contributed by atoms with E-state index in [4.69, 9.17) is 0 Å². The number of phenols is 2. The average molecular weight is 471 g/mol. The van der Waals surface area contributed by atoms with E-state index in [2.05, 4.69) is 10.6 Å². The van der Waals surface area contributed by atoms with Crippen LogP contribution < -0.4 is 10.6 Å². The van der Waals surface area contributed by atoms with Gasteiger partial charge in [0.05, 0.1) is 12.5 Å². The van der Waals surface area contributed by atoms with Crippen LogP contribution in [0.25, 0.3) is 0 Å². The molecule has 3 rings (SSSR count). The van der Waals surface area contributed by atoms with Gasteiger partial charge in [-0.3, -0.25) is 4.79 Å². The molecule has 3 aromatic carbocycles. The number of aliphatic hydroxyl groups is 1. The highest BCUT2D eigenvalue weighted by molar-refractivity contribution is 5.78. The fraction of sp³-hybridized carbons (Fsp3) is 0.269. The standard InChI is InChI=1S/C26H28F2N2O4/c1-16(29-15-25(33)20-11-21(31)13-22(32)12-20)7-17-3-2-4-18(8-17)10-26(34)30-14-19-5-6-23(27)24(28)9-19/h2-6,8-9,11-13,16,25,29,31-33H,7,10,14-15H2,1H3,(H,30,34)/t16-,25?/m1/s1. The van der Waals surface area contributed by atoms with Crippen molar-refractivity contribution < 1.29 is 28.9 Å². The van der Waals surface area contributed by atoms with Gasteiger partial charge in [0.25, 0.3) is 0 Å². The van der Waals surface area contributed by atoms with Crippen molar-refractivity contribution in [1.82, 2.24) is 10.6 Å². The topological polar surface area (TPSA) is 102 Å². The number of hydrogen-bond acceptors (Lipinski definition) is 5. The maximum absolute atomic E-state index is 13.3. The molecule has 5 N–H and O–H groups in total. The van der Waals surface area contributed by atoms with Crippen molar-refractivity contribution in [2.24, 2.45) is 0 Å². The van der Waals surface area contributed by atoms with Gasteiger partial charge in [-0.05, 0) is 59.9 Å². The summed E-state index contributed by atoms with van der Waals surface area (Å²) >= 11 is 0. The first-order valence-corrected chi connectivity index (χ1v) is 10.9. The molecule has 0 aliphatic carbocycles. The van der Waals surface area contributed by atoms with Gasteiger partial charge in [-0.15, -0.1) is 0 Å². The van der Waals surface area contributed by atoms with Crippen molar-refractivity contribution in [3.63, 3.8) is 0 Å². The molecule has 1 amide bonds. The molecule has 0 saturated heterocycles. The van der Waals surface area contributed by atoms with Crippen LogP contribution in [0.15, 0.2) is 60.7 Å². The number of rotatable bonds is 10. The summed E-state index contributed by atoms with van der Waals surface area (Å²) in [4.78, 5) is 12.3. The quantitative estimate of drug-likeness (QED) is 0.312. The van der Waals surface area contributed by atoms with E-state index in [9.17, 15) is 28.9 Å². The number of hydrogen-bond donors (Lipinski definition) is 5. The number of phenolic OH excluding ortho intramolecular Hbond substituents is 2. The van der Waals surface area contributed by atoms with E-state index in [0.717, 1.165) is 23.3 Å². The average Bonchev–Trinajstić information content (AvgIpc) is 2.78. The number of carbonyl (C=O) groups is 1. The van der Waals surface area contributed by atoms with E-state index in [-0.39, 0.29) is 43.0 Å². The van der Waals surface area contributed by atoms with Gasteiger partial charge in [-0.1, -0.05) is 30.3 Å². The molecule has 0 spiro atoms. The van der Waals surface area contributed by atoms with Crippen LogP contribution >= 0.6 is 0 Å². The van der Waals surface area contributed by atoms with Crippen LogP contribution in [-0.4, -0.2) is 33.8 Å². The third kappa shape index (κ3) is 7.54. The Balaban J connectivity index is 1.48. The molecule has 1 unspecified atom stereocenters. The van der Waals surface area contributed by atoms with E-state index in [1.807, 2.05) is 31.2 Å². The maximum atomic E-state index is 13.3. The van der Waals surface area contributed by atoms with Gasteiger partial charge in [-0.2, -0.15) is 0 Å². The number of carbonyl (C=O) groups excluding carboxylic acids is 1. The van der Waals surface area contributed by atoms with Gasteiger partial charge in [0.2, 0.25) is 5.91 Å². The monoisotopic (exact) mass is 470 g/mol.